The summed E-state index contributed by atoms with van der Waals surface area (Å²) in [7, 11) is 0. The third-order valence-corrected chi connectivity index (χ3v) is 4.06. The summed E-state index contributed by atoms with van der Waals surface area (Å²) in [6, 6.07) is 0.396. The fraction of sp³-hybridized carbons (Fsp3) is 0.615. The van der Waals surface area contributed by atoms with E-state index in [1.165, 1.54) is 5.57 Å². The molecule has 4 heteroatoms. The van der Waals surface area contributed by atoms with Crippen LogP contribution in [-0.2, 0) is 9.53 Å². The van der Waals surface area contributed by atoms with Crippen molar-refractivity contribution in [2.24, 2.45) is 11.8 Å². The number of hydrogen-bond donors (Lipinski definition) is 2. The summed E-state index contributed by atoms with van der Waals surface area (Å²) < 4.78 is 5.13. The van der Waals surface area contributed by atoms with Gasteiger partial charge in [-0.15, -0.1) is 0 Å². The Morgan fingerprint density at radius 1 is 1.35 bits per heavy atom. The van der Waals surface area contributed by atoms with Crippen molar-refractivity contribution in [3.63, 3.8) is 0 Å². The van der Waals surface area contributed by atoms with Gasteiger partial charge in [-0.1, -0.05) is 19.1 Å². The summed E-state index contributed by atoms with van der Waals surface area (Å²) in [5.41, 5.74) is 2.24. The Morgan fingerprint density at radius 2 is 2.24 bits per heavy atom. The van der Waals surface area contributed by atoms with Gasteiger partial charge in [-0.05, 0) is 11.5 Å². The average molecular weight is 234 g/mol. The Bertz CT molecular complexity index is 394. The topological polar surface area (TPSA) is 50.4 Å². The van der Waals surface area contributed by atoms with E-state index in [-0.39, 0.29) is 11.9 Å². The van der Waals surface area contributed by atoms with E-state index in [0.717, 1.165) is 25.2 Å². The van der Waals surface area contributed by atoms with E-state index < -0.39 is 0 Å². The molecule has 0 saturated carbocycles. The molecule has 0 bridgehead atoms. The second-order valence-corrected chi connectivity index (χ2v) is 4.99. The number of ether oxygens (including phenoxy) is 1. The fourth-order valence-corrected chi connectivity index (χ4v) is 2.99. The van der Waals surface area contributed by atoms with Crippen LogP contribution in [0, 0.1) is 11.8 Å². The minimum atomic E-state index is -0.133. The maximum atomic E-state index is 11.5. The molecule has 2 heterocycles. The molecule has 0 amide bonds. The SMILES string of the molecule is CC1C([C@H]2CNCCN2)=CC=C2C(=O)OCC21. The summed E-state index contributed by atoms with van der Waals surface area (Å²) in [5, 5.41) is 6.92. The van der Waals surface area contributed by atoms with Gasteiger partial charge in [-0.25, -0.2) is 4.79 Å². The highest BCUT2D eigenvalue weighted by Crippen LogP contribution is 2.37. The molecular formula is C13H18N2O2. The van der Waals surface area contributed by atoms with Crippen LogP contribution in [0.4, 0.5) is 0 Å². The van der Waals surface area contributed by atoms with Crippen LogP contribution in [0.1, 0.15) is 6.92 Å². The van der Waals surface area contributed by atoms with Gasteiger partial charge < -0.3 is 15.4 Å². The van der Waals surface area contributed by atoms with Gasteiger partial charge in [0.15, 0.2) is 0 Å². The van der Waals surface area contributed by atoms with Crippen molar-refractivity contribution in [3.05, 3.63) is 23.3 Å². The summed E-state index contributed by atoms with van der Waals surface area (Å²) in [6.07, 6.45) is 4.05. The molecule has 4 nitrogen and oxygen atoms in total. The Labute approximate surface area is 101 Å². The van der Waals surface area contributed by atoms with Crippen LogP contribution in [0.2, 0.25) is 0 Å². The average Bonchev–Trinajstić information content (AvgIpc) is 2.74. The molecule has 3 rings (SSSR count). The first-order valence-electron chi connectivity index (χ1n) is 6.30. The summed E-state index contributed by atoms with van der Waals surface area (Å²) in [4.78, 5) is 11.5. The molecule has 0 spiro atoms. The zero-order chi connectivity index (χ0) is 11.8. The highest BCUT2D eigenvalue weighted by molar-refractivity contribution is 5.92. The smallest absolute Gasteiger partial charge is 0.334 e. The number of nitrogens with one attached hydrogen (secondary N) is 2. The minimum absolute atomic E-state index is 0.133. The van der Waals surface area contributed by atoms with E-state index in [2.05, 4.69) is 23.6 Å². The lowest BCUT2D eigenvalue weighted by Crippen LogP contribution is -2.50. The standard InChI is InChI=1S/C13H18N2O2/c1-8-9(12-6-14-4-5-15-12)2-3-10-11(8)7-17-13(10)16/h2-3,8,11-12,14-15H,4-7H2,1H3/t8?,11?,12-/m1/s1. The predicted molar refractivity (Wildman–Crippen MR) is 64.4 cm³/mol. The zero-order valence-corrected chi connectivity index (χ0v) is 10.0. The lowest BCUT2D eigenvalue weighted by Gasteiger charge is -2.33. The van der Waals surface area contributed by atoms with E-state index >= 15 is 0 Å². The number of allylic oxidation sites excluding steroid dienone is 2. The number of cyclic esters (lactones) is 1. The summed E-state index contributed by atoms with van der Waals surface area (Å²) in [6.45, 7) is 5.75. The number of hydrogen-bond acceptors (Lipinski definition) is 4. The van der Waals surface area contributed by atoms with Crippen molar-refractivity contribution >= 4 is 5.97 Å². The number of esters is 1. The number of carbonyl (C=O) groups is 1. The van der Waals surface area contributed by atoms with Crippen LogP contribution in [0.15, 0.2) is 23.3 Å². The fourth-order valence-electron chi connectivity index (χ4n) is 2.99. The second kappa shape index (κ2) is 4.27. The largest absolute Gasteiger partial charge is 0.462 e. The van der Waals surface area contributed by atoms with E-state index in [1.807, 2.05) is 6.08 Å². The Hall–Kier alpha value is -1.13. The van der Waals surface area contributed by atoms with Crippen LogP contribution in [0.5, 0.6) is 0 Å². The molecule has 3 aliphatic rings. The molecule has 2 fully saturated rings. The Kier molecular flexibility index (Phi) is 2.76. The first kappa shape index (κ1) is 11.0. The monoisotopic (exact) mass is 234 g/mol. The van der Waals surface area contributed by atoms with Gasteiger partial charge in [0.1, 0.15) is 0 Å². The zero-order valence-electron chi connectivity index (χ0n) is 10.0. The van der Waals surface area contributed by atoms with Crippen molar-refractivity contribution in [3.8, 4) is 0 Å². The van der Waals surface area contributed by atoms with Gasteiger partial charge in [-0.3, -0.25) is 0 Å². The first-order chi connectivity index (χ1) is 8.27. The van der Waals surface area contributed by atoms with Crippen LogP contribution >= 0.6 is 0 Å². The third kappa shape index (κ3) is 1.81. The van der Waals surface area contributed by atoms with Gasteiger partial charge in [0, 0.05) is 37.2 Å². The van der Waals surface area contributed by atoms with Gasteiger partial charge in [0.2, 0.25) is 0 Å². The van der Waals surface area contributed by atoms with Crippen LogP contribution < -0.4 is 10.6 Å². The molecule has 3 atom stereocenters. The molecule has 0 aromatic carbocycles. The number of carbonyl (C=O) groups excluding carboxylic acids is 1. The molecule has 2 aliphatic heterocycles. The lowest BCUT2D eigenvalue weighted by molar-refractivity contribution is -0.135. The van der Waals surface area contributed by atoms with E-state index in [4.69, 9.17) is 4.74 Å². The maximum absolute atomic E-state index is 11.5. The van der Waals surface area contributed by atoms with E-state index in [9.17, 15) is 4.79 Å². The van der Waals surface area contributed by atoms with Crippen molar-refractivity contribution in [2.45, 2.75) is 13.0 Å². The molecule has 92 valence electrons. The highest BCUT2D eigenvalue weighted by atomic mass is 16.5. The van der Waals surface area contributed by atoms with Crippen LogP contribution in [0.3, 0.4) is 0 Å². The van der Waals surface area contributed by atoms with Gasteiger partial charge in [0.05, 0.1) is 6.61 Å². The van der Waals surface area contributed by atoms with Crippen LogP contribution in [-0.4, -0.2) is 38.3 Å². The molecule has 2 N–H and O–H groups in total. The maximum Gasteiger partial charge on any atom is 0.334 e. The van der Waals surface area contributed by atoms with E-state index in [0.29, 0.717) is 18.6 Å². The minimum Gasteiger partial charge on any atom is -0.462 e. The molecule has 2 unspecified atom stereocenters. The normalized spacial score (nSPS) is 37.0. The van der Waals surface area contributed by atoms with Gasteiger partial charge >= 0.3 is 5.97 Å². The quantitative estimate of drug-likeness (QED) is 0.637. The Balaban J connectivity index is 1.84. The number of fused-ring (bicyclic) bond motifs is 1. The molecule has 0 aromatic heterocycles. The first-order valence-corrected chi connectivity index (χ1v) is 6.30. The van der Waals surface area contributed by atoms with Gasteiger partial charge in [0.25, 0.3) is 0 Å². The summed E-state index contributed by atoms with van der Waals surface area (Å²) in [5.74, 6) is 0.511. The van der Waals surface area contributed by atoms with Crippen molar-refractivity contribution in [1.29, 1.82) is 0 Å². The van der Waals surface area contributed by atoms with Crippen molar-refractivity contribution < 1.29 is 9.53 Å². The molecule has 1 aliphatic carbocycles. The number of rotatable bonds is 1. The summed E-state index contributed by atoms with van der Waals surface area (Å²) >= 11 is 0. The Morgan fingerprint density at radius 3 is 3.00 bits per heavy atom. The number of piperazine rings is 1. The molecular weight excluding hydrogens is 216 g/mol. The third-order valence-electron chi connectivity index (χ3n) is 4.06. The van der Waals surface area contributed by atoms with Crippen molar-refractivity contribution in [1.82, 2.24) is 10.6 Å². The molecule has 2 saturated heterocycles. The molecule has 0 radical (unpaired) electrons. The van der Waals surface area contributed by atoms with E-state index in [1.54, 1.807) is 0 Å². The second-order valence-electron chi connectivity index (χ2n) is 4.99. The molecule has 17 heavy (non-hydrogen) atoms. The predicted octanol–water partition coefficient (Wildman–Crippen LogP) is 0.223. The highest BCUT2D eigenvalue weighted by Gasteiger charge is 2.39. The van der Waals surface area contributed by atoms with Gasteiger partial charge in [-0.2, -0.15) is 0 Å². The van der Waals surface area contributed by atoms with Crippen molar-refractivity contribution in [2.75, 3.05) is 26.2 Å². The van der Waals surface area contributed by atoms with Crippen LogP contribution in [0.25, 0.3) is 0 Å². The lowest BCUT2D eigenvalue weighted by atomic mass is 9.77. The molecule has 0 aromatic rings.